The highest BCUT2D eigenvalue weighted by Crippen LogP contribution is 2.38. The summed E-state index contributed by atoms with van der Waals surface area (Å²) in [5, 5.41) is 34.8. The van der Waals surface area contributed by atoms with Gasteiger partial charge in [-0.05, 0) is 39.2 Å². The van der Waals surface area contributed by atoms with Crippen molar-refractivity contribution in [3.8, 4) is 0 Å². The van der Waals surface area contributed by atoms with Crippen molar-refractivity contribution >= 4 is 82.5 Å². The summed E-state index contributed by atoms with van der Waals surface area (Å²) in [7, 11) is -4.00. The number of sulfonamides is 2. The van der Waals surface area contributed by atoms with Gasteiger partial charge in [-0.1, -0.05) is 41.1 Å². The highest BCUT2D eigenvalue weighted by atomic mass is 35.5. The summed E-state index contributed by atoms with van der Waals surface area (Å²) in [4.78, 5) is 23.3. The maximum Gasteiger partial charge on any atom is 0.304 e. The van der Waals surface area contributed by atoms with E-state index in [9.17, 15) is 37.1 Å². The van der Waals surface area contributed by atoms with Gasteiger partial charge in [-0.15, -0.1) is 23.1 Å². The maximum atomic E-state index is 11.6. The third-order valence-electron chi connectivity index (χ3n) is 4.74. The minimum atomic E-state index is -3.99. The van der Waals surface area contributed by atoms with Gasteiger partial charge in [-0.25, -0.2) is 27.1 Å². The van der Waals surface area contributed by atoms with Gasteiger partial charge in [0.25, 0.3) is 5.69 Å². The van der Waals surface area contributed by atoms with Gasteiger partial charge >= 0.3 is 5.69 Å². The molecule has 5 N–H and O–H groups in total. The molecule has 0 bridgehead atoms. The minimum Gasteiger partial charge on any atom is -0.368 e. The highest BCUT2D eigenvalue weighted by molar-refractivity contribution is 7.99. The van der Waals surface area contributed by atoms with Crippen LogP contribution in [0.2, 0.25) is 4.34 Å². The second-order valence-corrected chi connectivity index (χ2v) is 15.5. The van der Waals surface area contributed by atoms with Crippen molar-refractivity contribution in [2.24, 2.45) is 10.3 Å². The second-order valence-electron chi connectivity index (χ2n) is 8.17. The van der Waals surface area contributed by atoms with E-state index in [4.69, 9.17) is 21.9 Å². The van der Waals surface area contributed by atoms with Gasteiger partial charge < -0.3 is 10.2 Å². The van der Waals surface area contributed by atoms with Crippen molar-refractivity contribution in [2.75, 3.05) is 31.7 Å². The minimum absolute atomic E-state index is 0.0803. The molecule has 0 saturated carbocycles. The third-order valence-corrected chi connectivity index (χ3v) is 11.2. The molecule has 0 amide bonds. The van der Waals surface area contributed by atoms with E-state index in [-0.39, 0.29) is 29.5 Å². The van der Waals surface area contributed by atoms with Crippen molar-refractivity contribution in [2.45, 2.75) is 25.8 Å². The van der Waals surface area contributed by atoms with Crippen LogP contribution in [-0.4, -0.2) is 64.0 Å². The summed E-state index contributed by atoms with van der Waals surface area (Å²) < 4.78 is 43.8. The summed E-state index contributed by atoms with van der Waals surface area (Å²) in [5.41, 5.74) is -0.723. The molecule has 0 saturated heterocycles. The lowest BCUT2D eigenvalue weighted by Gasteiger charge is -2.20. The van der Waals surface area contributed by atoms with Crippen molar-refractivity contribution in [1.82, 2.24) is 4.90 Å². The normalized spacial score (nSPS) is 12.4. The fraction of sp³-hybridized carbons (Fsp3) is 0.300. The molecule has 40 heavy (non-hydrogen) atoms. The Kier molecular flexibility index (Phi) is 12.3. The van der Waals surface area contributed by atoms with Gasteiger partial charge in [-0.2, -0.15) is 0 Å². The van der Waals surface area contributed by atoms with Crippen molar-refractivity contribution < 1.29 is 26.7 Å². The van der Waals surface area contributed by atoms with Crippen LogP contribution >= 0.6 is 46.0 Å². The first-order valence-electron chi connectivity index (χ1n) is 10.9. The molecule has 1 aromatic carbocycles. The predicted octanol–water partition coefficient (Wildman–Crippen LogP) is 3.79. The second kappa shape index (κ2) is 14.5. The smallest absolute Gasteiger partial charge is 0.304 e. The molecule has 0 aliphatic rings. The maximum absolute atomic E-state index is 11.6. The largest absolute Gasteiger partial charge is 0.368 e. The number of hydrogen-bond acceptors (Lipinski definition) is 13. The monoisotopic (exact) mass is 672 g/mol. The number of thiophene rings is 2. The zero-order chi connectivity index (χ0) is 30.3. The van der Waals surface area contributed by atoms with Gasteiger partial charge in [-0.3, -0.25) is 20.2 Å². The first-order valence-corrected chi connectivity index (χ1v) is 16.9. The van der Waals surface area contributed by atoms with Gasteiger partial charge in [0.05, 0.1) is 9.85 Å². The van der Waals surface area contributed by atoms with Crippen molar-refractivity contribution in [3.05, 3.63) is 67.0 Å². The zero-order valence-electron chi connectivity index (χ0n) is 20.9. The number of hydrogen-bond donors (Lipinski definition) is 3. The van der Waals surface area contributed by atoms with E-state index in [1.165, 1.54) is 0 Å². The first-order chi connectivity index (χ1) is 18.5. The Labute approximate surface area is 247 Å². The molecule has 0 aliphatic carbocycles. The Balaban J connectivity index is 0.000000360. The Morgan fingerprint density at radius 1 is 0.975 bits per heavy atom. The van der Waals surface area contributed by atoms with Crippen LogP contribution < -0.4 is 15.6 Å². The molecule has 2 heterocycles. The first kappa shape index (κ1) is 33.8. The molecule has 2 aromatic heterocycles. The third kappa shape index (κ3) is 10.6. The molecule has 0 unspecified atom stereocenters. The Morgan fingerprint density at radius 3 is 1.95 bits per heavy atom. The number of anilines is 1. The fourth-order valence-electron chi connectivity index (χ4n) is 2.85. The van der Waals surface area contributed by atoms with Crippen LogP contribution in [0.3, 0.4) is 0 Å². The summed E-state index contributed by atoms with van der Waals surface area (Å²) >= 11 is 8.39. The van der Waals surface area contributed by atoms with Crippen LogP contribution in [0.25, 0.3) is 0 Å². The fourth-order valence-corrected chi connectivity index (χ4v) is 7.76. The molecule has 3 aromatic rings. The van der Waals surface area contributed by atoms with E-state index in [1.807, 2.05) is 49.3 Å². The number of halogens is 1. The number of rotatable bonds is 12. The molecule has 0 aliphatic heterocycles. The molecular weight excluding hydrogens is 648 g/mol. The van der Waals surface area contributed by atoms with E-state index in [0.29, 0.717) is 17.1 Å². The van der Waals surface area contributed by atoms with E-state index in [1.54, 1.807) is 11.8 Å². The van der Waals surface area contributed by atoms with E-state index in [2.05, 4.69) is 5.32 Å². The lowest BCUT2D eigenvalue weighted by molar-refractivity contribution is -0.384. The number of nitrogens with zero attached hydrogens (tertiary/aromatic N) is 3. The number of nitrogens with two attached hydrogens (primary N) is 2. The van der Waals surface area contributed by atoms with Crippen LogP contribution in [0, 0.1) is 20.2 Å². The molecule has 0 radical (unpaired) electrons. The van der Waals surface area contributed by atoms with Crippen molar-refractivity contribution in [3.63, 3.8) is 0 Å². The summed E-state index contributed by atoms with van der Waals surface area (Å²) in [6, 6.07) is 11.6. The highest BCUT2D eigenvalue weighted by Gasteiger charge is 2.26. The average Bonchev–Trinajstić information content (AvgIpc) is 3.46. The van der Waals surface area contributed by atoms with Crippen LogP contribution in [0.5, 0.6) is 0 Å². The lowest BCUT2D eigenvalue weighted by atomic mass is 10.2. The quantitative estimate of drug-likeness (QED) is 0.143. The number of primary sulfonamides is 2. The number of nitrogens with one attached hydrogen (secondary N) is 1. The van der Waals surface area contributed by atoms with Gasteiger partial charge in [0.2, 0.25) is 20.0 Å². The molecule has 0 fully saturated rings. The van der Waals surface area contributed by atoms with Crippen LogP contribution in [0.1, 0.15) is 6.42 Å². The number of benzene rings is 1. The topological polar surface area (TPSA) is 222 Å². The van der Waals surface area contributed by atoms with Gasteiger partial charge in [0.15, 0.2) is 9.34 Å². The molecule has 220 valence electrons. The van der Waals surface area contributed by atoms with Gasteiger partial charge in [0.1, 0.15) is 8.42 Å². The lowest BCUT2D eigenvalue weighted by Crippen LogP contribution is -2.27. The Bertz CT molecular complexity index is 1540. The van der Waals surface area contributed by atoms with Crippen LogP contribution in [0.4, 0.5) is 16.4 Å². The zero-order valence-corrected chi connectivity index (χ0v) is 25.8. The van der Waals surface area contributed by atoms with Crippen molar-refractivity contribution in [1.29, 1.82) is 0 Å². The van der Waals surface area contributed by atoms with Crippen LogP contribution in [-0.2, 0) is 20.0 Å². The summed E-state index contributed by atoms with van der Waals surface area (Å²) in [5.74, 6) is 0.678. The number of nitro groups is 2. The van der Waals surface area contributed by atoms with Crippen LogP contribution in [0.15, 0.2) is 55.8 Å². The summed E-state index contributed by atoms with van der Waals surface area (Å²) in [6.45, 7) is 0.786. The average molecular weight is 673 g/mol. The Morgan fingerprint density at radius 2 is 1.50 bits per heavy atom. The molecule has 0 spiro atoms. The molecule has 3 rings (SSSR count). The van der Waals surface area contributed by atoms with E-state index < -0.39 is 35.6 Å². The predicted molar refractivity (Wildman–Crippen MR) is 157 cm³/mol. The molecule has 14 nitrogen and oxygen atoms in total. The molecular formula is C20H25ClN6O8S5. The van der Waals surface area contributed by atoms with E-state index >= 15 is 0 Å². The standard InChI is InChI=1S/C16H22N4O4S3.C4H3ClN2O4S2/c1-19(2)9-8-12(11-25-13-6-4-3-5-7-13)18-16-14(20(21)22)10-15(26-16)27(17,23)24;5-4-2(7(8)9)1-3(12-4)13(6,10)11/h3-7,10,12,18H,8-9,11H2,1-2H3,(H2,17,23,24);1H,(H2,6,10,11)/t12-;/m1./s1. The molecule has 20 heteroatoms. The summed E-state index contributed by atoms with van der Waals surface area (Å²) in [6.07, 6.45) is 0.743. The van der Waals surface area contributed by atoms with Gasteiger partial charge in [0, 0.05) is 28.8 Å². The molecule has 1 atom stereocenters. The SMILES string of the molecule is CN(C)CC[C@H](CSc1ccccc1)Nc1sc(S(N)(=O)=O)cc1[N+](=O)[O-].NS(=O)(=O)c1cc([N+](=O)[O-])c(Cl)s1. The van der Waals surface area contributed by atoms with E-state index in [0.717, 1.165) is 41.3 Å². The Hall–Kier alpha value is -2.36. The number of thioether (sulfide) groups is 1.